The summed E-state index contributed by atoms with van der Waals surface area (Å²) >= 11 is 0. The molecule has 0 aliphatic carbocycles. The molecule has 0 aliphatic heterocycles. The van der Waals surface area contributed by atoms with Crippen molar-refractivity contribution in [3.05, 3.63) is 89.2 Å². The molecule has 0 atom stereocenters. The van der Waals surface area contributed by atoms with Crippen molar-refractivity contribution in [2.24, 2.45) is 0 Å². The number of aryl methyl sites for hydroxylation is 1. The highest BCUT2D eigenvalue weighted by molar-refractivity contribution is 7.87. The fourth-order valence-electron chi connectivity index (χ4n) is 2.89. The minimum absolute atomic E-state index is 0.0129. The minimum atomic E-state index is -4.11. The van der Waals surface area contributed by atoms with Gasteiger partial charge in [0.25, 0.3) is 5.91 Å². The zero-order valence-corrected chi connectivity index (χ0v) is 19.2. The molecule has 0 heterocycles. The zero-order chi connectivity index (χ0) is 24.7. The second kappa shape index (κ2) is 10.6. The van der Waals surface area contributed by atoms with E-state index in [-0.39, 0.29) is 34.3 Å². The number of hydrogen-bond donors (Lipinski definition) is 1. The molecular weight excluding hydrogens is 459 g/mol. The largest absolute Gasteiger partial charge is 0.490 e. The van der Waals surface area contributed by atoms with E-state index in [1.165, 1.54) is 54.6 Å². The van der Waals surface area contributed by atoms with Crippen LogP contribution in [0.1, 0.15) is 18.1 Å². The van der Waals surface area contributed by atoms with Gasteiger partial charge in [-0.1, -0.05) is 35.9 Å². The van der Waals surface area contributed by atoms with E-state index >= 15 is 0 Å². The fraction of sp³-hybridized carbons (Fsp3) is 0.120. The predicted molar refractivity (Wildman–Crippen MR) is 125 cm³/mol. The molecule has 0 spiro atoms. The Hall–Kier alpha value is -4.16. The zero-order valence-electron chi connectivity index (χ0n) is 18.4. The van der Waals surface area contributed by atoms with E-state index in [9.17, 15) is 22.9 Å². The average molecular weight is 481 g/mol. The number of carbonyl (C=O) groups excluding carboxylic acids is 1. The molecule has 9 heteroatoms. The van der Waals surface area contributed by atoms with Crippen LogP contribution in [0.4, 0.5) is 10.1 Å². The molecule has 3 rings (SSSR count). The molecule has 0 saturated heterocycles. The van der Waals surface area contributed by atoms with Gasteiger partial charge in [0, 0.05) is 0 Å². The summed E-state index contributed by atoms with van der Waals surface area (Å²) in [6, 6.07) is 17.8. The van der Waals surface area contributed by atoms with Crippen molar-refractivity contribution < 1.29 is 26.5 Å². The summed E-state index contributed by atoms with van der Waals surface area (Å²) in [5.74, 6) is -1.37. The average Bonchev–Trinajstić information content (AvgIpc) is 2.81. The third kappa shape index (κ3) is 5.99. The van der Waals surface area contributed by atoms with Gasteiger partial charge in [-0.05, 0) is 61.9 Å². The van der Waals surface area contributed by atoms with E-state index < -0.39 is 21.8 Å². The summed E-state index contributed by atoms with van der Waals surface area (Å²) in [5, 5.41) is 11.8. The molecule has 7 nitrogen and oxygen atoms in total. The van der Waals surface area contributed by atoms with Crippen molar-refractivity contribution in [1.29, 1.82) is 5.26 Å². The lowest BCUT2D eigenvalue weighted by Crippen LogP contribution is -2.14. The minimum Gasteiger partial charge on any atom is -0.490 e. The van der Waals surface area contributed by atoms with Crippen molar-refractivity contribution >= 4 is 27.8 Å². The summed E-state index contributed by atoms with van der Waals surface area (Å²) in [6.45, 7) is 3.76. The third-order valence-corrected chi connectivity index (χ3v) is 5.82. The maximum atomic E-state index is 13.8. The van der Waals surface area contributed by atoms with Gasteiger partial charge in [-0.25, -0.2) is 4.39 Å². The van der Waals surface area contributed by atoms with Crippen molar-refractivity contribution in [3.63, 3.8) is 0 Å². The molecule has 0 radical (unpaired) electrons. The second-order valence-corrected chi connectivity index (χ2v) is 8.64. The monoisotopic (exact) mass is 480 g/mol. The number of halogens is 1. The summed E-state index contributed by atoms with van der Waals surface area (Å²) in [7, 11) is -4.11. The quantitative estimate of drug-likeness (QED) is 0.281. The molecule has 1 amide bonds. The molecular formula is C25H21FN2O5S. The van der Waals surface area contributed by atoms with Crippen LogP contribution in [0.15, 0.2) is 77.2 Å². The first-order valence-electron chi connectivity index (χ1n) is 10.2. The number of nitrogens with one attached hydrogen (secondary N) is 1. The van der Waals surface area contributed by atoms with E-state index in [0.29, 0.717) is 5.56 Å². The van der Waals surface area contributed by atoms with Crippen LogP contribution >= 0.6 is 0 Å². The number of nitrogens with zero attached hydrogens (tertiary/aromatic N) is 1. The summed E-state index contributed by atoms with van der Waals surface area (Å²) in [5.41, 5.74) is 0.932. The Morgan fingerprint density at radius 2 is 1.79 bits per heavy atom. The molecule has 34 heavy (non-hydrogen) atoms. The Labute approximate surface area is 197 Å². The van der Waals surface area contributed by atoms with Gasteiger partial charge in [-0.15, -0.1) is 0 Å². The fourth-order valence-corrected chi connectivity index (χ4v) is 3.83. The molecule has 0 aromatic heterocycles. The molecule has 0 unspecified atom stereocenters. The molecule has 0 bridgehead atoms. The molecule has 3 aromatic rings. The van der Waals surface area contributed by atoms with E-state index in [1.54, 1.807) is 31.2 Å². The van der Waals surface area contributed by atoms with Crippen LogP contribution in [0.5, 0.6) is 11.5 Å². The van der Waals surface area contributed by atoms with Gasteiger partial charge in [0.2, 0.25) is 0 Å². The van der Waals surface area contributed by atoms with Crippen LogP contribution in [0.3, 0.4) is 0 Å². The number of hydrogen-bond acceptors (Lipinski definition) is 6. The highest BCUT2D eigenvalue weighted by Gasteiger charge is 2.20. The lowest BCUT2D eigenvalue weighted by molar-refractivity contribution is -0.112. The lowest BCUT2D eigenvalue weighted by Gasteiger charge is -2.13. The predicted octanol–water partition coefficient (Wildman–Crippen LogP) is 4.85. The van der Waals surface area contributed by atoms with Gasteiger partial charge in [-0.3, -0.25) is 4.79 Å². The normalized spacial score (nSPS) is 11.4. The van der Waals surface area contributed by atoms with Crippen molar-refractivity contribution in [3.8, 4) is 17.6 Å². The van der Waals surface area contributed by atoms with E-state index in [0.717, 1.165) is 5.56 Å². The molecule has 1 N–H and O–H groups in total. The van der Waals surface area contributed by atoms with Crippen LogP contribution in [0.25, 0.3) is 6.08 Å². The van der Waals surface area contributed by atoms with Crippen molar-refractivity contribution in [2.45, 2.75) is 18.7 Å². The molecule has 0 saturated carbocycles. The highest BCUT2D eigenvalue weighted by Crippen LogP contribution is 2.32. The van der Waals surface area contributed by atoms with E-state index in [2.05, 4.69) is 5.32 Å². The Bertz CT molecular complexity index is 1380. The number of rotatable bonds is 8. The van der Waals surface area contributed by atoms with Gasteiger partial charge in [0.1, 0.15) is 22.4 Å². The lowest BCUT2D eigenvalue weighted by atomic mass is 10.1. The van der Waals surface area contributed by atoms with Crippen LogP contribution in [-0.2, 0) is 14.9 Å². The van der Waals surface area contributed by atoms with Gasteiger partial charge in [0.05, 0.1) is 12.3 Å². The summed E-state index contributed by atoms with van der Waals surface area (Å²) in [4.78, 5) is 12.4. The SMILES string of the molecule is CCOc1cc(/C=C(\C#N)C(=O)Nc2ccccc2F)ccc1OS(=O)(=O)c1ccc(C)cc1. The van der Waals surface area contributed by atoms with E-state index in [4.69, 9.17) is 8.92 Å². The number of ether oxygens (including phenoxy) is 1. The first kappa shape index (κ1) is 24.5. The number of amides is 1. The highest BCUT2D eigenvalue weighted by atomic mass is 32.2. The summed E-state index contributed by atoms with van der Waals surface area (Å²) < 4.78 is 49.9. The van der Waals surface area contributed by atoms with Gasteiger partial charge in [0.15, 0.2) is 11.5 Å². The molecule has 0 fully saturated rings. The van der Waals surface area contributed by atoms with Crippen LogP contribution in [-0.4, -0.2) is 20.9 Å². The Morgan fingerprint density at radius 3 is 2.44 bits per heavy atom. The van der Waals surface area contributed by atoms with Gasteiger partial charge in [-0.2, -0.15) is 13.7 Å². The summed E-state index contributed by atoms with van der Waals surface area (Å²) in [6.07, 6.45) is 1.27. The van der Waals surface area contributed by atoms with Crippen molar-refractivity contribution in [2.75, 3.05) is 11.9 Å². The van der Waals surface area contributed by atoms with Crippen LogP contribution in [0.2, 0.25) is 0 Å². The number of anilines is 1. The maximum absolute atomic E-state index is 13.8. The van der Waals surface area contributed by atoms with Crippen LogP contribution in [0, 0.1) is 24.1 Å². The second-order valence-electron chi connectivity index (χ2n) is 7.09. The number of carbonyl (C=O) groups is 1. The first-order valence-corrected chi connectivity index (χ1v) is 11.6. The number of benzene rings is 3. The topological polar surface area (TPSA) is 105 Å². The molecule has 174 valence electrons. The smallest absolute Gasteiger partial charge is 0.339 e. The standard InChI is InChI=1S/C25H21FN2O5S/c1-3-32-24-15-18(14-19(16-27)25(29)28-22-7-5-4-6-21(22)26)10-13-23(24)33-34(30,31)20-11-8-17(2)9-12-20/h4-15H,3H2,1-2H3,(H,28,29)/b19-14+. The third-order valence-electron chi connectivity index (χ3n) is 4.57. The Morgan fingerprint density at radius 1 is 1.09 bits per heavy atom. The Kier molecular flexibility index (Phi) is 7.66. The Balaban J connectivity index is 1.88. The van der Waals surface area contributed by atoms with E-state index in [1.807, 2.05) is 6.92 Å². The van der Waals surface area contributed by atoms with Gasteiger partial charge >= 0.3 is 10.1 Å². The first-order chi connectivity index (χ1) is 16.2. The maximum Gasteiger partial charge on any atom is 0.339 e. The van der Waals surface area contributed by atoms with Crippen LogP contribution < -0.4 is 14.2 Å². The number of para-hydroxylation sites is 1. The van der Waals surface area contributed by atoms with Crippen molar-refractivity contribution in [1.82, 2.24) is 0 Å². The molecule has 0 aliphatic rings. The number of nitriles is 1. The van der Waals surface area contributed by atoms with Gasteiger partial charge < -0.3 is 14.2 Å². The molecule has 3 aromatic carbocycles.